The normalized spacial score (nSPS) is 14.7. The minimum absolute atomic E-state index is 0.0257. The zero-order chi connectivity index (χ0) is 27.1. The van der Waals surface area contributed by atoms with Crippen molar-refractivity contribution in [2.45, 2.75) is 19.6 Å². The fraction of sp³-hybridized carbons (Fsp3) is 0.321. The molecule has 1 saturated heterocycles. The molecule has 0 aliphatic carbocycles. The summed E-state index contributed by atoms with van der Waals surface area (Å²) in [6.07, 6.45) is 1.48. The van der Waals surface area contributed by atoms with Crippen molar-refractivity contribution in [2.24, 2.45) is 0 Å². The molecule has 0 bridgehead atoms. The first-order valence-corrected chi connectivity index (χ1v) is 12.3. The van der Waals surface area contributed by atoms with E-state index in [4.69, 9.17) is 9.47 Å². The predicted molar refractivity (Wildman–Crippen MR) is 137 cm³/mol. The van der Waals surface area contributed by atoms with Crippen LogP contribution in [-0.2, 0) is 16.1 Å². The largest absolute Gasteiger partial charge is 0.438 e. The van der Waals surface area contributed by atoms with Crippen LogP contribution in [0.15, 0.2) is 60.8 Å². The second-order valence-electron chi connectivity index (χ2n) is 9.16. The van der Waals surface area contributed by atoms with E-state index in [-0.39, 0.29) is 36.4 Å². The number of hydrogen-bond acceptors (Lipinski definition) is 6. The van der Waals surface area contributed by atoms with Gasteiger partial charge in [-0.1, -0.05) is 12.1 Å². The number of carbonyl (C=O) groups is 2. The first kappa shape index (κ1) is 27.2. The molecule has 2 aromatic carbocycles. The maximum atomic E-state index is 13.5. The van der Waals surface area contributed by atoms with E-state index < -0.39 is 17.8 Å². The molecule has 3 aromatic rings. The second-order valence-corrected chi connectivity index (χ2v) is 9.16. The number of hydrogen-bond donors (Lipinski definition) is 1. The lowest BCUT2D eigenvalue weighted by atomic mass is 10.2. The van der Waals surface area contributed by atoms with Gasteiger partial charge >= 0.3 is 0 Å². The number of aryl methyl sites for hydroxylation is 1. The first-order chi connectivity index (χ1) is 18.3. The molecule has 200 valence electrons. The van der Waals surface area contributed by atoms with Crippen molar-refractivity contribution < 1.29 is 27.8 Å². The van der Waals surface area contributed by atoms with Crippen LogP contribution >= 0.6 is 0 Å². The Morgan fingerprint density at radius 2 is 1.74 bits per heavy atom. The number of nitrogens with one attached hydrogen (secondary N) is 1. The molecule has 1 atom stereocenters. The molecule has 0 unspecified atom stereocenters. The van der Waals surface area contributed by atoms with E-state index in [1.807, 2.05) is 7.05 Å². The van der Waals surface area contributed by atoms with E-state index in [1.165, 1.54) is 42.6 Å². The average Bonchev–Trinajstić information content (AvgIpc) is 2.91. The third-order valence-corrected chi connectivity index (χ3v) is 6.24. The average molecular weight is 525 g/mol. The number of aromatic nitrogens is 1. The highest BCUT2D eigenvalue weighted by atomic mass is 19.1. The summed E-state index contributed by atoms with van der Waals surface area (Å²) in [4.78, 5) is 34.7. The van der Waals surface area contributed by atoms with E-state index in [2.05, 4.69) is 15.2 Å². The van der Waals surface area contributed by atoms with Crippen LogP contribution < -0.4 is 10.1 Å². The smallest absolute Gasteiger partial charge is 0.257 e. The van der Waals surface area contributed by atoms with Crippen LogP contribution in [0.2, 0.25) is 0 Å². The summed E-state index contributed by atoms with van der Waals surface area (Å²) in [7, 11) is 1.99. The SMILES string of the molecule is Cc1cc(F)ccc1Oc1ncccc1C(=O)N[C@H](COCc1ccc(F)cc1)C(=O)N1CCN(C)CC1. The van der Waals surface area contributed by atoms with Crippen molar-refractivity contribution in [3.05, 3.63) is 89.1 Å². The minimum atomic E-state index is -0.966. The summed E-state index contributed by atoms with van der Waals surface area (Å²) < 4.78 is 38.3. The number of nitrogens with zero attached hydrogens (tertiary/aromatic N) is 3. The number of amides is 2. The van der Waals surface area contributed by atoms with Crippen LogP contribution in [0.3, 0.4) is 0 Å². The molecule has 0 spiro atoms. The van der Waals surface area contributed by atoms with Crippen LogP contribution in [0, 0.1) is 18.6 Å². The van der Waals surface area contributed by atoms with Crippen molar-refractivity contribution in [3.63, 3.8) is 0 Å². The zero-order valence-electron chi connectivity index (χ0n) is 21.3. The third kappa shape index (κ3) is 7.11. The highest BCUT2D eigenvalue weighted by Gasteiger charge is 2.29. The van der Waals surface area contributed by atoms with Gasteiger partial charge in [0, 0.05) is 32.4 Å². The van der Waals surface area contributed by atoms with Gasteiger partial charge in [0.15, 0.2) is 0 Å². The molecule has 0 saturated carbocycles. The topological polar surface area (TPSA) is 84.0 Å². The predicted octanol–water partition coefficient (Wildman–Crippen LogP) is 3.55. The standard InChI is InChI=1S/C28H30F2N4O4/c1-19-16-22(30)9-10-25(19)38-27-23(4-3-11-31-27)26(35)32-24(28(36)34-14-12-33(2)13-15-34)18-37-17-20-5-7-21(29)8-6-20/h3-11,16,24H,12-15,17-18H2,1-2H3,(H,32,35)/t24-/m1/s1. The molecule has 1 N–H and O–H groups in total. The highest BCUT2D eigenvalue weighted by Crippen LogP contribution is 2.26. The summed E-state index contributed by atoms with van der Waals surface area (Å²) in [5, 5.41) is 2.78. The Kier molecular flexibility index (Phi) is 8.98. The van der Waals surface area contributed by atoms with E-state index in [0.29, 0.717) is 24.4 Å². The van der Waals surface area contributed by atoms with E-state index in [0.717, 1.165) is 18.7 Å². The maximum absolute atomic E-state index is 13.5. The molecular weight excluding hydrogens is 494 g/mol. The summed E-state index contributed by atoms with van der Waals surface area (Å²) >= 11 is 0. The lowest BCUT2D eigenvalue weighted by molar-refractivity contribution is -0.136. The van der Waals surface area contributed by atoms with Crippen molar-refractivity contribution >= 4 is 11.8 Å². The van der Waals surface area contributed by atoms with Crippen molar-refractivity contribution in [1.82, 2.24) is 20.1 Å². The molecule has 1 aliphatic heterocycles. The Labute approximate surface area is 220 Å². The van der Waals surface area contributed by atoms with E-state index >= 15 is 0 Å². The molecule has 1 aromatic heterocycles. The molecule has 2 heterocycles. The van der Waals surface area contributed by atoms with Gasteiger partial charge in [0.1, 0.15) is 29.0 Å². The van der Waals surface area contributed by atoms with E-state index in [9.17, 15) is 18.4 Å². The second kappa shape index (κ2) is 12.6. The molecule has 0 radical (unpaired) electrons. The maximum Gasteiger partial charge on any atom is 0.257 e. The number of halogens is 2. The Balaban J connectivity index is 1.49. The van der Waals surface area contributed by atoms with Crippen LogP contribution in [0.1, 0.15) is 21.5 Å². The lowest BCUT2D eigenvalue weighted by Crippen LogP contribution is -2.55. The quantitative estimate of drug-likeness (QED) is 0.461. The Hall–Kier alpha value is -3.89. The summed E-state index contributed by atoms with van der Waals surface area (Å²) in [6.45, 7) is 4.26. The number of piperazine rings is 1. The Morgan fingerprint density at radius 1 is 1.03 bits per heavy atom. The van der Waals surface area contributed by atoms with Crippen LogP contribution in [-0.4, -0.2) is 72.5 Å². The van der Waals surface area contributed by atoms with E-state index in [1.54, 1.807) is 30.0 Å². The molecule has 38 heavy (non-hydrogen) atoms. The van der Waals surface area contributed by atoms with Gasteiger partial charge in [0.2, 0.25) is 11.8 Å². The molecule has 1 fully saturated rings. The van der Waals surface area contributed by atoms with Gasteiger partial charge < -0.3 is 24.6 Å². The van der Waals surface area contributed by atoms with Crippen LogP contribution in [0.5, 0.6) is 11.6 Å². The number of pyridine rings is 1. The fourth-order valence-electron chi connectivity index (χ4n) is 4.01. The molecule has 4 rings (SSSR count). The number of rotatable bonds is 9. The first-order valence-electron chi connectivity index (χ1n) is 12.3. The Morgan fingerprint density at radius 3 is 2.45 bits per heavy atom. The lowest BCUT2D eigenvalue weighted by Gasteiger charge is -2.34. The highest BCUT2D eigenvalue weighted by molar-refractivity contribution is 5.99. The van der Waals surface area contributed by atoms with Crippen molar-refractivity contribution in [3.8, 4) is 11.6 Å². The van der Waals surface area contributed by atoms with Crippen molar-refractivity contribution in [2.75, 3.05) is 39.8 Å². The molecule has 1 aliphatic rings. The van der Waals surface area contributed by atoms with Gasteiger partial charge in [-0.3, -0.25) is 9.59 Å². The summed E-state index contributed by atoms with van der Waals surface area (Å²) in [6, 6.07) is 12.1. The number of ether oxygens (including phenoxy) is 2. The zero-order valence-corrected chi connectivity index (χ0v) is 21.3. The molecular formula is C28H30F2N4O4. The van der Waals surface area contributed by atoms with Gasteiger partial charge in [-0.25, -0.2) is 13.8 Å². The van der Waals surface area contributed by atoms with Gasteiger partial charge in [-0.05, 0) is 67.6 Å². The van der Waals surface area contributed by atoms with Crippen LogP contribution in [0.4, 0.5) is 8.78 Å². The molecule has 8 nitrogen and oxygen atoms in total. The minimum Gasteiger partial charge on any atom is -0.438 e. The monoisotopic (exact) mass is 524 g/mol. The third-order valence-electron chi connectivity index (χ3n) is 6.24. The van der Waals surface area contributed by atoms with Crippen molar-refractivity contribution in [1.29, 1.82) is 0 Å². The van der Waals surface area contributed by atoms with Gasteiger partial charge in [0.05, 0.1) is 13.2 Å². The van der Waals surface area contributed by atoms with Crippen LogP contribution in [0.25, 0.3) is 0 Å². The molecule has 10 heteroatoms. The molecule has 2 amide bonds. The van der Waals surface area contributed by atoms with Gasteiger partial charge in [0.25, 0.3) is 5.91 Å². The number of likely N-dealkylation sites (N-methyl/N-ethyl adjacent to an activating group) is 1. The Bertz CT molecular complexity index is 1260. The summed E-state index contributed by atoms with van der Waals surface area (Å²) in [5.74, 6) is -1.20. The fourth-order valence-corrected chi connectivity index (χ4v) is 4.01. The number of benzene rings is 2. The van der Waals surface area contributed by atoms with Gasteiger partial charge in [-0.2, -0.15) is 0 Å². The summed E-state index contributed by atoms with van der Waals surface area (Å²) in [5.41, 5.74) is 1.39. The van der Waals surface area contributed by atoms with Gasteiger partial charge in [-0.15, -0.1) is 0 Å². The number of carbonyl (C=O) groups excluding carboxylic acids is 2.